The molecule has 5 nitrogen and oxygen atoms in total. The van der Waals surface area contributed by atoms with Crippen LogP contribution in [0, 0.1) is 6.92 Å². The van der Waals surface area contributed by atoms with E-state index in [0.717, 1.165) is 25.2 Å². The second kappa shape index (κ2) is 14.2. The van der Waals surface area contributed by atoms with Crippen molar-refractivity contribution in [2.24, 2.45) is 0 Å². The van der Waals surface area contributed by atoms with Gasteiger partial charge in [-0.25, -0.2) is 0 Å². The smallest absolute Gasteiger partial charge is 0.287 e. The number of unbranched alkanes of at least 4 members (excludes halogenated alkanes) is 4. The Bertz CT molecular complexity index is 811. The fraction of sp³-hybridized carbons (Fsp3) is 0.577. The summed E-state index contributed by atoms with van der Waals surface area (Å²) in [6.45, 7) is 11.7. The fourth-order valence-electron chi connectivity index (χ4n) is 3.63. The van der Waals surface area contributed by atoms with Gasteiger partial charge < -0.3 is 19.4 Å². The lowest BCUT2D eigenvalue weighted by atomic mass is 10.2. The molecule has 32 heavy (non-hydrogen) atoms. The summed E-state index contributed by atoms with van der Waals surface area (Å²) in [6, 6.07) is 9.04. The second-order valence-corrected chi connectivity index (χ2v) is 8.96. The average Bonchev–Trinajstić information content (AvgIpc) is 3.24. The van der Waals surface area contributed by atoms with E-state index in [4.69, 9.17) is 20.8 Å². The number of furan rings is 1. The summed E-state index contributed by atoms with van der Waals surface area (Å²) in [5, 5.41) is 3.78. The van der Waals surface area contributed by atoms with Crippen molar-refractivity contribution in [1.82, 2.24) is 10.2 Å². The molecule has 1 N–H and O–H groups in total. The Labute approximate surface area is 198 Å². The first-order valence-corrected chi connectivity index (χ1v) is 12.3. The Morgan fingerprint density at radius 3 is 2.41 bits per heavy atom. The third-order valence-electron chi connectivity index (χ3n) is 5.46. The van der Waals surface area contributed by atoms with E-state index in [0.29, 0.717) is 22.3 Å². The topological polar surface area (TPSA) is 54.7 Å². The van der Waals surface area contributed by atoms with E-state index in [-0.39, 0.29) is 18.6 Å². The molecule has 1 atom stereocenters. The van der Waals surface area contributed by atoms with Crippen molar-refractivity contribution in [2.45, 2.75) is 78.9 Å². The van der Waals surface area contributed by atoms with Gasteiger partial charge in [0.2, 0.25) is 0 Å². The van der Waals surface area contributed by atoms with Crippen LogP contribution in [-0.2, 0) is 6.61 Å². The van der Waals surface area contributed by atoms with Crippen LogP contribution in [0.2, 0.25) is 5.02 Å². The SMILES string of the molecule is CCCCCN(CCCCC)CC(C)NC(=O)c1ccc(COc2ccc(Cl)c(C)c2)o1. The lowest BCUT2D eigenvalue weighted by Gasteiger charge is -2.26. The number of nitrogens with zero attached hydrogens (tertiary/aromatic N) is 1. The molecule has 0 bridgehead atoms. The minimum Gasteiger partial charge on any atom is -0.486 e. The molecule has 1 unspecified atom stereocenters. The number of benzene rings is 1. The van der Waals surface area contributed by atoms with Gasteiger partial charge in [0.25, 0.3) is 5.91 Å². The van der Waals surface area contributed by atoms with Crippen LogP contribution in [-0.4, -0.2) is 36.5 Å². The molecule has 178 valence electrons. The maximum atomic E-state index is 12.6. The molecule has 0 aliphatic heterocycles. The number of carbonyl (C=O) groups is 1. The molecular weight excluding hydrogens is 424 g/mol. The normalized spacial score (nSPS) is 12.2. The average molecular weight is 463 g/mol. The zero-order valence-electron chi connectivity index (χ0n) is 20.1. The number of aryl methyl sites for hydroxylation is 1. The highest BCUT2D eigenvalue weighted by Crippen LogP contribution is 2.22. The van der Waals surface area contributed by atoms with Crippen LogP contribution in [0.15, 0.2) is 34.7 Å². The quantitative estimate of drug-likeness (QED) is 0.302. The van der Waals surface area contributed by atoms with Crippen molar-refractivity contribution in [3.05, 3.63) is 52.4 Å². The zero-order chi connectivity index (χ0) is 23.3. The third-order valence-corrected chi connectivity index (χ3v) is 5.89. The summed E-state index contributed by atoms with van der Waals surface area (Å²) >= 11 is 6.05. The van der Waals surface area contributed by atoms with Crippen LogP contribution in [0.5, 0.6) is 5.75 Å². The summed E-state index contributed by atoms with van der Waals surface area (Å²) in [4.78, 5) is 15.1. The molecule has 0 radical (unpaired) electrons. The first-order valence-electron chi connectivity index (χ1n) is 11.9. The lowest BCUT2D eigenvalue weighted by Crippen LogP contribution is -2.42. The fourth-order valence-corrected chi connectivity index (χ4v) is 3.75. The molecule has 0 spiro atoms. The van der Waals surface area contributed by atoms with Crippen LogP contribution in [0.4, 0.5) is 0 Å². The van der Waals surface area contributed by atoms with Gasteiger partial charge in [-0.05, 0) is 75.7 Å². The van der Waals surface area contributed by atoms with E-state index in [1.54, 1.807) is 12.1 Å². The molecule has 0 saturated carbocycles. The van der Waals surface area contributed by atoms with Gasteiger partial charge in [-0.3, -0.25) is 4.79 Å². The number of amides is 1. The Morgan fingerprint density at radius 1 is 1.09 bits per heavy atom. The Balaban J connectivity index is 1.83. The highest BCUT2D eigenvalue weighted by atomic mass is 35.5. The van der Waals surface area contributed by atoms with Gasteiger partial charge in [0.05, 0.1) is 0 Å². The maximum absolute atomic E-state index is 12.6. The van der Waals surface area contributed by atoms with Crippen LogP contribution in [0.25, 0.3) is 0 Å². The maximum Gasteiger partial charge on any atom is 0.287 e. The molecule has 2 rings (SSSR count). The molecular formula is C26H39ClN2O3. The molecule has 6 heteroatoms. The van der Waals surface area contributed by atoms with Crippen LogP contribution < -0.4 is 10.1 Å². The number of hydrogen-bond donors (Lipinski definition) is 1. The zero-order valence-corrected chi connectivity index (χ0v) is 20.8. The summed E-state index contributed by atoms with van der Waals surface area (Å²) in [5.74, 6) is 1.45. The number of nitrogens with one attached hydrogen (secondary N) is 1. The van der Waals surface area contributed by atoms with E-state index in [2.05, 4.69) is 31.0 Å². The van der Waals surface area contributed by atoms with Gasteiger partial charge in [-0.2, -0.15) is 0 Å². The Hall–Kier alpha value is -1.98. The molecule has 0 fully saturated rings. The lowest BCUT2D eigenvalue weighted by molar-refractivity contribution is 0.0896. The minimum absolute atomic E-state index is 0.0487. The van der Waals surface area contributed by atoms with Crippen molar-refractivity contribution < 1.29 is 13.9 Å². The van der Waals surface area contributed by atoms with E-state index in [1.807, 2.05) is 25.1 Å². The van der Waals surface area contributed by atoms with Gasteiger partial charge in [0.1, 0.15) is 18.1 Å². The number of hydrogen-bond acceptors (Lipinski definition) is 4. The molecule has 1 aromatic carbocycles. The largest absolute Gasteiger partial charge is 0.486 e. The van der Waals surface area contributed by atoms with Gasteiger partial charge in [0.15, 0.2) is 5.76 Å². The number of carbonyl (C=O) groups excluding carboxylic acids is 1. The number of rotatable bonds is 15. The molecule has 1 aromatic heterocycles. The van der Waals surface area contributed by atoms with Crippen LogP contribution in [0.1, 0.15) is 81.2 Å². The van der Waals surface area contributed by atoms with Crippen molar-refractivity contribution in [3.63, 3.8) is 0 Å². The Kier molecular flexibility index (Phi) is 11.7. The minimum atomic E-state index is -0.187. The summed E-state index contributed by atoms with van der Waals surface area (Å²) in [6.07, 6.45) is 7.35. The van der Waals surface area contributed by atoms with Crippen LogP contribution >= 0.6 is 11.6 Å². The molecule has 1 amide bonds. The van der Waals surface area contributed by atoms with E-state index < -0.39 is 0 Å². The molecule has 0 aliphatic rings. The second-order valence-electron chi connectivity index (χ2n) is 8.55. The summed E-state index contributed by atoms with van der Waals surface area (Å²) in [5.41, 5.74) is 0.955. The van der Waals surface area contributed by atoms with Gasteiger partial charge >= 0.3 is 0 Å². The predicted molar refractivity (Wildman–Crippen MR) is 132 cm³/mol. The Morgan fingerprint density at radius 2 is 1.78 bits per heavy atom. The van der Waals surface area contributed by atoms with Crippen molar-refractivity contribution in [1.29, 1.82) is 0 Å². The summed E-state index contributed by atoms with van der Waals surface area (Å²) in [7, 11) is 0. The third kappa shape index (κ3) is 9.25. The molecule has 2 aromatic rings. The van der Waals surface area contributed by atoms with Gasteiger partial charge in [-0.1, -0.05) is 51.1 Å². The van der Waals surface area contributed by atoms with Crippen molar-refractivity contribution in [2.75, 3.05) is 19.6 Å². The van der Waals surface area contributed by atoms with Crippen molar-refractivity contribution >= 4 is 17.5 Å². The first-order chi connectivity index (χ1) is 15.4. The molecule has 1 heterocycles. The van der Waals surface area contributed by atoms with Gasteiger partial charge in [-0.15, -0.1) is 0 Å². The van der Waals surface area contributed by atoms with Gasteiger partial charge in [0, 0.05) is 17.6 Å². The van der Waals surface area contributed by atoms with E-state index in [1.165, 1.54) is 38.5 Å². The first kappa shape index (κ1) is 26.3. The number of ether oxygens (including phenoxy) is 1. The van der Waals surface area contributed by atoms with E-state index >= 15 is 0 Å². The highest BCUT2D eigenvalue weighted by Gasteiger charge is 2.16. The predicted octanol–water partition coefficient (Wildman–Crippen LogP) is 6.62. The number of halogens is 1. The monoisotopic (exact) mass is 462 g/mol. The van der Waals surface area contributed by atoms with E-state index in [9.17, 15) is 4.79 Å². The molecule has 0 saturated heterocycles. The molecule has 0 aliphatic carbocycles. The highest BCUT2D eigenvalue weighted by molar-refractivity contribution is 6.31. The van der Waals surface area contributed by atoms with Crippen LogP contribution in [0.3, 0.4) is 0 Å². The standard InChI is InChI=1S/C26H39ClN2O3/c1-5-7-9-15-29(16-10-8-6-2)18-21(4)28-26(30)25-14-12-23(32-25)19-31-22-11-13-24(27)20(3)17-22/h11-14,17,21H,5-10,15-16,18-19H2,1-4H3,(H,28,30). The summed E-state index contributed by atoms with van der Waals surface area (Å²) < 4.78 is 11.5. The van der Waals surface area contributed by atoms with Crippen molar-refractivity contribution in [3.8, 4) is 5.75 Å².